The first-order chi connectivity index (χ1) is 27.4. The van der Waals surface area contributed by atoms with Gasteiger partial charge in [0, 0.05) is 84.1 Å². The summed E-state index contributed by atoms with van der Waals surface area (Å²) in [7, 11) is 3.20. The second-order valence-corrected chi connectivity index (χ2v) is 16.0. The van der Waals surface area contributed by atoms with E-state index in [1.54, 1.807) is 23.9 Å². The van der Waals surface area contributed by atoms with E-state index in [1.165, 1.54) is 4.90 Å². The van der Waals surface area contributed by atoms with Gasteiger partial charge in [0.15, 0.2) is 12.7 Å². The number of aromatic hydroxyl groups is 1. The highest BCUT2D eigenvalue weighted by atomic mass is 16.6. The number of ether oxygens (including phenoxy) is 3. The van der Waals surface area contributed by atoms with E-state index in [2.05, 4.69) is 10.2 Å². The van der Waals surface area contributed by atoms with Gasteiger partial charge in [-0.15, -0.1) is 0 Å². The van der Waals surface area contributed by atoms with Crippen molar-refractivity contribution in [3.05, 3.63) is 58.7 Å². The number of hydrogen-bond donors (Lipinski definition) is 2. The maximum Gasteiger partial charge on any atom is 0.410 e. The predicted octanol–water partition coefficient (Wildman–Crippen LogP) is 3.71. The summed E-state index contributed by atoms with van der Waals surface area (Å²) in [5.41, 5.74) is 4.13. The first-order valence-electron chi connectivity index (χ1n) is 20.3. The van der Waals surface area contributed by atoms with Crippen LogP contribution in [0.15, 0.2) is 36.4 Å². The van der Waals surface area contributed by atoms with Gasteiger partial charge in [0.05, 0.1) is 6.10 Å². The number of likely N-dealkylation sites (tertiary alicyclic amines) is 3. The first-order valence-corrected chi connectivity index (χ1v) is 20.3. The van der Waals surface area contributed by atoms with Crippen LogP contribution in [0, 0.1) is 13.8 Å². The standard InChI is InChI=1S/C42H58N6O9/c1-28-23-30(24-29(2)39(28)51)25-36(57-42(54)47-18-12-33(13-19-47)48-22-9-31-7-5-6-8-35(31)43-41(48)53)40(52)46-16-10-32(11-17-46)45-20-14-34(15-21-45)55-27-38(50)56-26-37(49)44(3)4/h5-8,23-24,32-34,36,51H,9-22,25-27H2,1-4H3,(H,43,53)/t36-/m1/s1. The number of likely N-dealkylation sites (N-methyl/N-ethyl adjacent to an activating group) is 1. The number of piperidine rings is 3. The highest BCUT2D eigenvalue weighted by molar-refractivity contribution is 5.91. The van der Waals surface area contributed by atoms with Gasteiger partial charge in [-0.05, 0) is 87.1 Å². The van der Waals surface area contributed by atoms with Crippen LogP contribution in [-0.2, 0) is 41.4 Å². The molecule has 2 N–H and O–H groups in total. The number of esters is 1. The smallest absolute Gasteiger partial charge is 0.410 e. The average Bonchev–Trinajstić information content (AvgIpc) is 3.38. The molecule has 0 aromatic heterocycles. The molecule has 4 aliphatic rings. The second kappa shape index (κ2) is 19.0. The molecule has 15 nitrogen and oxygen atoms in total. The molecule has 0 bridgehead atoms. The number of fused-ring (bicyclic) bond motifs is 1. The summed E-state index contributed by atoms with van der Waals surface area (Å²) in [6, 6.07) is 11.7. The number of carbonyl (C=O) groups is 5. The molecule has 2 aromatic carbocycles. The molecule has 1 atom stereocenters. The van der Waals surface area contributed by atoms with Gasteiger partial charge in [-0.2, -0.15) is 0 Å². The molecule has 0 spiro atoms. The molecule has 57 heavy (non-hydrogen) atoms. The predicted molar refractivity (Wildman–Crippen MR) is 212 cm³/mol. The monoisotopic (exact) mass is 790 g/mol. The van der Waals surface area contributed by atoms with Crippen LogP contribution in [0.2, 0.25) is 0 Å². The number of phenols is 1. The third-order valence-corrected chi connectivity index (χ3v) is 11.9. The zero-order valence-electron chi connectivity index (χ0n) is 33.7. The van der Waals surface area contributed by atoms with Gasteiger partial charge in [0.1, 0.15) is 12.4 Å². The Labute approximate surface area is 335 Å². The lowest BCUT2D eigenvalue weighted by atomic mass is 9.97. The summed E-state index contributed by atoms with van der Waals surface area (Å²) >= 11 is 0. The van der Waals surface area contributed by atoms with E-state index < -0.39 is 18.2 Å². The van der Waals surface area contributed by atoms with Gasteiger partial charge in [0.2, 0.25) is 0 Å². The number of urea groups is 1. The molecule has 3 saturated heterocycles. The van der Waals surface area contributed by atoms with Gasteiger partial charge in [-0.3, -0.25) is 9.59 Å². The Morgan fingerprint density at radius 3 is 2.14 bits per heavy atom. The molecule has 0 unspecified atom stereocenters. The van der Waals surface area contributed by atoms with Crippen molar-refractivity contribution in [1.29, 1.82) is 0 Å². The highest BCUT2D eigenvalue weighted by Gasteiger charge is 2.37. The Hall–Kier alpha value is -4.89. The third-order valence-electron chi connectivity index (χ3n) is 11.9. The van der Waals surface area contributed by atoms with Crippen LogP contribution in [0.4, 0.5) is 15.3 Å². The van der Waals surface area contributed by atoms with Crippen molar-refractivity contribution in [2.24, 2.45) is 0 Å². The van der Waals surface area contributed by atoms with Crippen LogP contribution in [0.3, 0.4) is 0 Å². The fourth-order valence-electron chi connectivity index (χ4n) is 8.41. The maximum absolute atomic E-state index is 14.2. The second-order valence-electron chi connectivity index (χ2n) is 16.0. The van der Waals surface area contributed by atoms with Crippen LogP contribution in [0.25, 0.3) is 0 Å². The Balaban J connectivity index is 1.00. The fraction of sp³-hybridized carbons (Fsp3) is 0.595. The number of rotatable bonds is 11. The van der Waals surface area contributed by atoms with E-state index >= 15 is 0 Å². The minimum atomic E-state index is -1.04. The number of amides is 5. The minimum absolute atomic E-state index is 0.0155. The van der Waals surface area contributed by atoms with Gasteiger partial charge < -0.3 is 49.1 Å². The summed E-state index contributed by atoms with van der Waals surface area (Å²) in [6.07, 6.45) is 3.61. The van der Waals surface area contributed by atoms with Crippen molar-refractivity contribution in [2.75, 3.05) is 78.4 Å². The van der Waals surface area contributed by atoms with E-state index in [9.17, 15) is 29.1 Å². The molecule has 3 fully saturated rings. The van der Waals surface area contributed by atoms with Crippen molar-refractivity contribution < 1.29 is 43.3 Å². The molecule has 6 rings (SSSR count). The lowest BCUT2D eigenvalue weighted by molar-refractivity contribution is -0.157. The molecular weight excluding hydrogens is 732 g/mol. The zero-order valence-corrected chi connectivity index (χ0v) is 33.7. The van der Waals surface area contributed by atoms with Crippen LogP contribution >= 0.6 is 0 Å². The molecule has 4 heterocycles. The molecular formula is C42H58N6O9. The number of hydrogen-bond acceptors (Lipinski definition) is 10. The first kappa shape index (κ1) is 41.7. The largest absolute Gasteiger partial charge is 0.507 e. The summed E-state index contributed by atoms with van der Waals surface area (Å²) in [5.74, 6) is -0.868. The van der Waals surface area contributed by atoms with Gasteiger partial charge in [-0.1, -0.05) is 30.3 Å². The lowest BCUT2D eigenvalue weighted by Crippen LogP contribution is -2.53. The Morgan fingerprint density at radius 1 is 0.842 bits per heavy atom. The van der Waals surface area contributed by atoms with Crippen LogP contribution in [0.5, 0.6) is 5.75 Å². The average molecular weight is 791 g/mol. The van der Waals surface area contributed by atoms with Crippen molar-refractivity contribution in [3.8, 4) is 5.75 Å². The third kappa shape index (κ3) is 10.7. The minimum Gasteiger partial charge on any atom is -0.507 e. The van der Waals surface area contributed by atoms with E-state index in [0.717, 1.165) is 62.0 Å². The number of nitrogens with zero attached hydrogens (tertiary/aromatic N) is 5. The van der Waals surface area contributed by atoms with Crippen LogP contribution in [-0.4, -0.2) is 157 Å². The molecule has 2 aromatic rings. The Morgan fingerprint density at radius 2 is 1.47 bits per heavy atom. The number of nitrogens with one attached hydrogen (secondary N) is 1. The van der Waals surface area contributed by atoms with E-state index in [1.807, 2.05) is 55.1 Å². The van der Waals surface area contributed by atoms with Crippen molar-refractivity contribution in [2.45, 2.75) is 89.5 Å². The number of carbonyl (C=O) groups excluding carboxylic acids is 5. The summed E-state index contributed by atoms with van der Waals surface area (Å²) < 4.78 is 16.9. The molecule has 4 aliphatic heterocycles. The molecule has 0 aliphatic carbocycles. The summed E-state index contributed by atoms with van der Waals surface area (Å²) in [4.78, 5) is 73.9. The molecule has 310 valence electrons. The molecule has 15 heteroatoms. The normalized spacial score (nSPS) is 19.3. The van der Waals surface area contributed by atoms with Crippen LogP contribution < -0.4 is 5.32 Å². The van der Waals surface area contributed by atoms with E-state index in [0.29, 0.717) is 62.7 Å². The Bertz CT molecular complexity index is 1740. The van der Waals surface area contributed by atoms with Crippen molar-refractivity contribution in [3.63, 3.8) is 0 Å². The van der Waals surface area contributed by atoms with E-state index in [4.69, 9.17) is 14.2 Å². The van der Waals surface area contributed by atoms with Gasteiger partial charge in [0.25, 0.3) is 11.8 Å². The van der Waals surface area contributed by atoms with Crippen molar-refractivity contribution in [1.82, 2.24) is 24.5 Å². The quantitative estimate of drug-likeness (QED) is 0.321. The topological polar surface area (TPSA) is 162 Å². The molecule has 0 radical (unpaired) electrons. The summed E-state index contributed by atoms with van der Waals surface area (Å²) in [5, 5.41) is 13.4. The fourth-order valence-corrected chi connectivity index (χ4v) is 8.41. The van der Waals surface area contributed by atoms with Gasteiger partial charge in [-0.25, -0.2) is 14.4 Å². The highest BCUT2D eigenvalue weighted by Crippen LogP contribution is 2.28. The Kier molecular flexibility index (Phi) is 13.9. The number of benzene rings is 2. The maximum atomic E-state index is 14.2. The SMILES string of the molecule is Cc1cc(C[C@@H](OC(=O)N2CCC(N3CCc4ccccc4NC3=O)CC2)C(=O)N2CCC(N3CCC(OCC(=O)OCC(=O)N(C)C)CC3)CC2)cc(C)c1O. The van der Waals surface area contributed by atoms with Crippen LogP contribution in [0.1, 0.15) is 60.8 Å². The molecule has 0 saturated carbocycles. The van der Waals surface area contributed by atoms with E-state index in [-0.39, 0.29) is 55.4 Å². The number of anilines is 1. The van der Waals surface area contributed by atoms with Crippen molar-refractivity contribution >= 4 is 35.6 Å². The number of para-hydroxylation sites is 1. The zero-order chi connectivity index (χ0) is 40.6. The summed E-state index contributed by atoms with van der Waals surface area (Å²) in [6.45, 7) is 7.24. The number of phenolic OH excluding ortho intramolecular Hbond substituents is 1. The lowest BCUT2D eigenvalue weighted by Gasteiger charge is -2.42. The molecule has 5 amide bonds. The van der Waals surface area contributed by atoms with Gasteiger partial charge >= 0.3 is 18.1 Å². The number of aryl methyl sites for hydroxylation is 2.